The number of unbranched alkanes of at least 4 members (excludes halogenated alkanes) is 1. The van der Waals surface area contributed by atoms with Crippen LogP contribution >= 0.6 is 0 Å². The molecule has 0 bridgehead atoms. The lowest BCUT2D eigenvalue weighted by Crippen LogP contribution is -2.48. The molecule has 2 aromatic rings. The van der Waals surface area contributed by atoms with Crippen LogP contribution in [0.15, 0.2) is 48.5 Å². The molecule has 0 spiro atoms. The van der Waals surface area contributed by atoms with Gasteiger partial charge < -0.3 is 10.2 Å². The van der Waals surface area contributed by atoms with Crippen LogP contribution in [0.5, 0.6) is 0 Å². The summed E-state index contributed by atoms with van der Waals surface area (Å²) < 4.78 is 79.3. The van der Waals surface area contributed by atoms with E-state index >= 15 is 0 Å². The topological polar surface area (TPSA) is 86.8 Å². The summed E-state index contributed by atoms with van der Waals surface area (Å²) >= 11 is 0. The fraction of sp³-hybridized carbons (Fsp3) is 0.462. The minimum absolute atomic E-state index is 0.0416. The van der Waals surface area contributed by atoms with Crippen LogP contribution in [0.3, 0.4) is 0 Å². The third-order valence-electron chi connectivity index (χ3n) is 5.91. The van der Waals surface area contributed by atoms with Crippen molar-refractivity contribution in [2.24, 2.45) is 0 Å². The van der Waals surface area contributed by atoms with Crippen LogP contribution in [0.2, 0.25) is 0 Å². The second-order valence-electron chi connectivity index (χ2n) is 8.92. The van der Waals surface area contributed by atoms with Crippen LogP contribution < -0.4 is 9.62 Å². The van der Waals surface area contributed by atoms with Gasteiger partial charge in [-0.15, -0.1) is 0 Å². The molecule has 2 amide bonds. The fourth-order valence-corrected chi connectivity index (χ4v) is 4.73. The zero-order chi connectivity index (χ0) is 28.5. The molecule has 210 valence electrons. The van der Waals surface area contributed by atoms with Gasteiger partial charge in [-0.05, 0) is 44.0 Å². The van der Waals surface area contributed by atoms with E-state index in [1.165, 1.54) is 36.1 Å². The standard InChI is InChI=1S/C26H33F4N3O4S/c1-4-5-15-31-25(35)19(2)32(18-20-10-6-7-13-23(20)27)24(34)14-9-16-33(38(3,36)37)22-12-8-11-21(17-22)26(28,29)30/h6-8,10-13,17,19H,4-5,9,14-16,18H2,1-3H3,(H,31,35)/t19-/m0/s1. The number of halogens is 4. The summed E-state index contributed by atoms with van der Waals surface area (Å²) in [7, 11) is -3.97. The lowest BCUT2D eigenvalue weighted by molar-refractivity contribution is -0.140. The van der Waals surface area contributed by atoms with E-state index in [2.05, 4.69) is 5.32 Å². The summed E-state index contributed by atoms with van der Waals surface area (Å²) in [6.45, 7) is 3.45. The van der Waals surface area contributed by atoms with Crippen LogP contribution in [0.25, 0.3) is 0 Å². The first-order valence-electron chi connectivity index (χ1n) is 12.2. The van der Waals surface area contributed by atoms with E-state index in [1.807, 2.05) is 6.92 Å². The number of benzene rings is 2. The molecule has 0 radical (unpaired) electrons. The van der Waals surface area contributed by atoms with Gasteiger partial charge >= 0.3 is 6.18 Å². The lowest BCUT2D eigenvalue weighted by Gasteiger charge is -2.29. The molecule has 1 atom stereocenters. The highest BCUT2D eigenvalue weighted by Gasteiger charge is 2.32. The largest absolute Gasteiger partial charge is 0.416 e. The smallest absolute Gasteiger partial charge is 0.354 e. The van der Waals surface area contributed by atoms with E-state index in [4.69, 9.17) is 0 Å². The predicted molar refractivity (Wildman–Crippen MR) is 137 cm³/mol. The van der Waals surface area contributed by atoms with Gasteiger partial charge in [0.15, 0.2) is 0 Å². The summed E-state index contributed by atoms with van der Waals surface area (Å²) in [6.07, 6.45) is -2.45. The second-order valence-corrected chi connectivity index (χ2v) is 10.8. The van der Waals surface area contributed by atoms with Crippen LogP contribution in [0, 0.1) is 5.82 Å². The molecule has 0 heterocycles. The number of carbonyl (C=O) groups is 2. The molecule has 0 saturated carbocycles. The van der Waals surface area contributed by atoms with Crippen molar-refractivity contribution in [3.05, 3.63) is 65.5 Å². The quantitative estimate of drug-likeness (QED) is 0.284. The Bertz CT molecular complexity index is 1200. The number of nitrogens with one attached hydrogen (secondary N) is 1. The third-order valence-corrected chi connectivity index (χ3v) is 7.10. The maximum absolute atomic E-state index is 14.3. The molecule has 0 unspecified atom stereocenters. The van der Waals surface area contributed by atoms with Crippen LogP contribution in [-0.4, -0.2) is 50.5 Å². The molecule has 2 aromatic carbocycles. The Hall–Kier alpha value is -3.15. The Labute approximate surface area is 220 Å². The van der Waals surface area contributed by atoms with Gasteiger partial charge in [0, 0.05) is 31.6 Å². The lowest BCUT2D eigenvalue weighted by atomic mass is 10.1. The molecule has 12 heteroatoms. The Kier molecular flexibility index (Phi) is 11.1. The second kappa shape index (κ2) is 13.6. The van der Waals surface area contributed by atoms with Gasteiger partial charge in [-0.1, -0.05) is 37.6 Å². The minimum atomic E-state index is -4.66. The van der Waals surface area contributed by atoms with Crippen molar-refractivity contribution in [1.29, 1.82) is 0 Å². The predicted octanol–water partition coefficient (Wildman–Crippen LogP) is 4.72. The number of nitrogens with zero attached hydrogens (tertiary/aromatic N) is 2. The highest BCUT2D eigenvalue weighted by molar-refractivity contribution is 7.92. The first-order valence-corrected chi connectivity index (χ1v) is 14.1. The average molecular weight is 560 g/mol. The maximum atomic E-state index is 14.3. The number of rotatable bonds is 13. The number of carbonyl (C=O) groups excluding carboxylic acids is 2. The molecule has 38 heavy (non-hydrogen) atoms. The molecule has 0 saturated heterocycles. The molecular formula is C26H33F4N3O4S. The van der Waals surface area contributed by atoms with Gasteiger partial charge in [-0.3, -0.25) is 13.9 Å². The highest BCUT2D eigenvalue weighted by atomic mass is 32.2. The van der Waals surface area contributed by atoms with Gasteiger partial charge in [0.25, 0.3) is 0 Å². The first kappa shape index (κ1) is 31.1. The minimum Gasteiger partial charge on any atom is -0.354 e. The summed E-state index contributed by atoms with van der Waals surface area (Å²) in [5.74, 6) is -1.48. The highest BCUT2D eigenvalue weighted by Crippen LogP contribution is 2.32. The van der Waals surface area contributed by atoms with E-state index in [1.54, 1.807) is 6.07 Å². The van der Waals surface area contributed by atoms with Crippen LogP contribution in [-0.2, 0) is 32.3 Å². The normalized spacial score (nSPS) is 12.6. The van der Waals surface area contributed by atoms with Gasteiger partial charge in [0.05, 0.1) is 17.5 Å². The number of amides is 2. The number of sulfonamides is 1. The molecule has 0 fully saturated rings. The molecule has 7 nitrogen and oxygen atoms in total. The van der Waals surface area contributed by atoms with E-state index in [9.17, 15) is 35.6 Å². The van der Waals surface area contributed by atoms with Crippen LogP contribution in [0.1, 0.15) is 50.7 Å². The molecule has 0 aliphatic heterocycles. The first-order chi connectivity index (χ1) is 17.8. The van der Waals surface area contributed by atoms with Gasteiger partial charge in [-0.25, -0.2) is 12.8 Å². The summed E-state index contributed by atoms with van der Waals surface area (Å²) in [4.78, 5) is 27.1. The Morgan fingerprint density at radius 2 is 1.74 bits per heavy atom. The Morgan fingerprint density at radius 1 is 1.05 bits per heavy atom. The fourth-order valence-electron chi connectivity index (χ4n) is 3.77. The van der Waals surface area contributed by atoms with Crippen molar-refractivity contribution in [1.82, 2.24) is 10.2 Å². The van der Waals surface area contributed by atoms with Crippen LogP contribution in [0.4, 0.5) is 23.2 Å². The molecule has 0 aliphatic carbocycles. The average Bonchev–Trinajstić information content (AvgIpc) is 2.84. The van der Waals surface area contributed by atoms with Crippen molar-refractivity contribution in [3.8, 4) is 0 Å². The SMILES string of the molecule is CCCCNC(=O)[C@H](C)N(Cc1ccccc1F)C(=O)CCCN(c1cccc(C(F)(F)F)c1)S(C)(=O)=O. The van der Waals surface area contributed by atoms with Crippen molar-refractivity contribution < 1.29 is 35.6 Å². The third kappa shape index (κ3) is 9.00. The molecule has 0 aliphatic rings. The van der Waals surface area contributed by atoms with Crippen molar-refractivity contribution in [2.75, 3.05) is 23.7 Å². The summed E-state index contributed by atoms with van der Waals surface area (Å²) in [6, 6.07) is 8.82. The Morgan fingerprint density at radius 3 is 2.34 bits per heavy atom. The van der Waals surface area contributed by atoms with E-state index in [-0.39, 0.29) is 37.2 Å². The molecule has 1 N–H and O–H groups in total. The number of anilines is 1. The summed E-state index contributed by atoms with van der Waals surface area (Å²) in [5.41, 5.74) is -0.976. The van der Waals surface area contributed by atoms with Crippen molar-refractivity contribution in [3.63, 3.8) is 0 Å². The molecule has 0 aromatic heterocycles. The number of hydrogen-bond acceptors (Lipinski definition) is 4. The zero-order valence-electron chi connectivity index (χ0n) is 21.6. The molecule has 2 rings (SSSR count). The van der Waals surface area contributed by atoms with Gasteiger partial charge in [0.1, 0.15) is 11.9 Å². The number of alkyl halides is 3. The Balaban J connectivity index is 2.20. The monoisotopic (exact) mass is 559 g/mol. The van der Waals surface area contributed by atoms with E-state index in [0.29, 0.717) is 6.54 Å². The number of hydrogen-bond donors (Lipinski definition) is 1. The van der Waals surface area contributed by atoms with Gasteiger partial charge in [-0.2, -0.15) is 13.2 Å². The summed E-state index contributed by atoms with van der Waals surface area (Å²) in [5, 5.41) is 2.75. The molecular weight excluding hydrogens is 526 g/mol. The zero-order valence-corrected chi connectivity index (χ0v) is 22.4. The van der Waals surface area contributed by atoms with Crippen molar-refractivity contribution in [2.45, 2.75) is 58.3 Å². The van der Waals surface area contributed by atoms with Crippen molar-refractivity contribution >= 4 is 27.5 Å². The maximum Gasteiger partial charge on any atom is 0.416 e. The van der Waals surface area contributed by atoms with E-state index in [0.717, 1.165) is 41.6 Å². The van der Waals surface area contributed by atoms with E-state index < -0.39 is 45.4 Å². The van der Waals surface area contributed by atoms with Gasteiger partial charge in [0.2, 0.25) is 21.8 Å².